The van der Waals surface area contributed by atoms with Crippen molar-refractivity contribution in [1.29, 1.82) is 0 Å². The van der Waals surface area contributed by atoms with Crippen LogP contribution < -0.4 is 10.2 Å². The second-order valence-corrected chi connectivity index (χ2v) is 4.86. The number of aryl methyl sites for hydroxylation is 1. The summed E-state index contributed by atoms with van der Waals surface area (Å²) in [5.41, 5.74) is 2.77. The summed E-state index contributed by atoms with van der Waals surface area (Å²) in [6.07, 6.45) is 0.993. The van der Waals surface area contributed by atoms with Crippen LogP contribution in [-0.2, 0) is 4.79 Å². The molecule has 0 spiro atoms. The monoisotopic (exact) mass is 331 g/mol. The quantitative estimate of drug-likeness (QED) is 0.500. The third-order valence-corrected chi connectivity index (χ3v) is 2.94. The zero-order chi connectivity index (χ0) is 17.5. The minimum Gasteiger partial charge on any atom is -0.484 e. The molecule has 2 rings (SSSR count). The van der Waals surface area contributed by atoms with Gasteiger partial charge in [-0.25, -0.2) is 9.82 Å². The highest BCUT2D eigenvalue weighted by Gasteiger charge is 2.09. The van der Waals surface area contributed by atoms with Crippen molar-refractivity contribution in [1.82, 2.24) is 5.43 Å². The van der Waals surface area contributed by atoms with E-state index >= 15 is 0 Å². The van der Waals surface area contributed by atoms with Crippen molar-refractivity contribution in [3.63, 3.8) is 0 Å². The van der Waals surface area contributed by atoms with Gasteiger partial charge in [0.2, 0.25) is 0 Å². The van der Waals surface area contributed by atoms with Gasteiger partial charge in [-0.15, -0.1) is 0 Å². The summed E-state index contributed by atoms with van der Waals surface area (Å²) in [4.78, 5) is 21.6. The summed E-state index contributed by atoms with van der Waals surface area (Å²) in [5.74, 6) is -0.688. The summed E-state index contributed by atoms with van der Waals surface area (Å²) >= 11 is 0. The number of nitro groups is 1. The molecule has 0 bridgehead atoms. The van der Waals surface area contributed by atoms with Crippen molar-refractivity contribution in [2.45, 2.75) is 6.92 Å². The maximum Gasteiger partial charge on any atom is 0.277 e. The number of rotatable bonds is 6. The molecule has 1 amide bonds. The van der Waals surface area contributed by atoms with Crippen LogP contribution in [0.25, 0.3) is 0 Å². The Morgan fingerprint density at radius 2 is 2.17 bits per heavy atom. The molecule has 0 aliphatic carbocycles. The first-order valence-corrected chi connectivity index (χ1v) is 6.91. The number of nitrogens with zero attached hydrogens (tertiary/aromatic N) is 2. The van der Waals surface area contributed by atoms with Gasteiger partial charge in [0.1, 0.15) is 11.6 Å². The van der Waals surface area contributed by atoms with E-state index in [-0.39, 0.29) is 17.9 Å². The molecule has 0 aromatic heterocycles. The van der Waals surface area contributed by atoms with E-state index in [1.54, 1.807) is 18.2 Å². The molecule has 2 aromatic carbocycles. The third-order valence-electron chi connectivity index (χ3n) is 2.94. The SMILES string of the molecule is Cc1cccc(OCC(=O)N/N=C\c2cc([N+](=O)[O-])ccc2F)c1. The second-order valence-electron chi connectivity index (χ2n) is 4.86. The Hall–Kier alpha value is -3.29. The Kier molecular flexibility index (Phi) is 5.56. The lowest BCUT2D eigenvalue weighted by Gasteiger charge is -2.05. The van der Waals surface area contributed by atoms with Crippen molar-refractivity contribution in [2.24, 2.45) is 5.10 Å². The van der Waals surface area contributed by atoms with E-state index in [1.807, 2.05) is 13.0 Å². The van der Waals surface area contributed by atoms with Crippen LogP contribution in [0.5, 0.6) is 5.75 Å². The highest BCUT2D eigenvalue weighted by molar-refractivity contribution is 5.83. The van der Waals surface area contributed by atoms with Crippen LogP contribution in [-0.4, -0.2) is 23.7 Å². The van der Waals surface area contributed by atoms with Gasteiger partial charge in [-0.05, 0) is 30.7 Å². The fourth-order valence-electron chi connectivity index (χ4n) is 1.80. The molecule has 0 atom stereocenters. The van der Waals surface area contributed by atoms with Crippen molar-refractivity contribution in [3.05, 3.63) is 69.5 Å². The number of hydrazone groups is 1. The third kappa shape index (κ3) is 4.87. The average Bonchev–Trinajstić information content (AvgIpc) is 2.54. The average molecular weight is 331 g/mol. The largest absolute Gasteiger partial charge is 0.484 e. The molecular formula is C16H14FN3O4. The number of carbonyl (C=O) groups is 1. The molecule has 8 heteroatoms. The normalized spacial score (nSPS) is 10.6. The number of carbonyl (C=O) groups excluding carboxylic acids is 1. The molecule has 0 saturated heterocycles. The lowest BCUT2D eigenvalue weighted by Crippen LogP contribution is -2.24. The van der Waals surface area contributed by atoms with E-state index in [0.717, 1.165) is 30.0 Å². The number of hydrogen-bond donors (Lipinski definition) is 1. The number of non-ortho nitro benzene ring substituents is 1. The zero-order valence-corrected chi connectivity index (χ0v) is 12.7. The van der Waals surface area contributed by atoms with Crippen LogP contribution in [0.4, 0.5) is 10.1 Å². The number of hydrogen-bond acceptors (Lipinski definition) is 5. The lowest BCUT2D eigenvalue weighted by molar-refractivity contribution is -0.384. The first-order valence-electron chi connectivity index (χ1n) is 6.91. The van der Waals surface area contributed by atoms with Gasteiger partial charge in [0.15, 0.2) is 6.61 Å². The van der Waals surface area contributed by atoms with E-state index in [2.05, 4.69) is 10.5 Å². The molecule has 0 heterocycles. The molecule has 0 unspecified atom stereocenters. The van der Waals surface area contributed by atoms with Gasteiger partial charge in [0, 0.05) is 17.7 Å². The lowest BCUT2D eigenvalue weighted by atomic mass is 10.2. The standard InChI is InChI=1S/C16H14FN3O4/c1-11-3-2-4-14(7-11)24-10-16(21)19-18-9-12-8-13(20(22)23)5-6-15(12)17/h2-9H,10H2,1H3,(H,19,21)/b18-9-. The Labute approximate surface area is 136 Å². The summed E-state index contributed by atoms with van der Waals surface area (Å²) in [6, 6.07) is 10.2. The van der Waals surface area contributed by atoms with Crippen molar-refractivity contribution in [2.75, 3.05) is 6.61 Å². The minimum atomic E-state index is -0.686. The zero-order valence-electron chi connectivity index (χ0n) is 12.7. The van der Waals surface area contributed by atoms with E-state index in [0.29, 0.717) is 5.75 Å². The number of halogens is 1. The van der Waals surface area contributed by atoms with Gasteiger partial charge in [-0.3, -0.25) is 14.9 Å². The predicted octanol–water partition coefficient (Wildman–Crippen LogP) is 2.57. The number of nitrogens with one attached hydrogen (secondary N) is 1. The summed E-state index contributed by atoms with van der Waals surface area (Å²) in [6.45, 7) is 1.63. The summed E-state index contributed by atoms with van der Waals surface area (Å²) in [5, 5.41) is 14.2. The summed E-state index contributed by atoms with van der Waals surface area (Å²) < 4.78 is 18.8. The molecule has 0 saturated carbocycles. The van der Waals surface area contributed by atoms with E-state index in [9.17, 15) is 19.3 Å². The van der Waals surface area contributed by atoms with Gasteiger partial charge in [0.25, 0.3) is 11.6 Å². The fourth-order valence-corrected chi connectivity index (χ4v) is 1.80. The van der Waals surface area contributed by atoms with Crippen LogP contribution in [0.1, 0.15) is 11.1 Å². The van der Waals surface area contributed by atoms with Crippen LogP contribution >= 0.6 is 0 Å². The second kappa shape index (κ2) is 7.82. The highest BCUT2D eigenvalue weighted by atomic mass is 19.1. The smallest absolute Gasteiger partial charge is 0.277 e. The van der Waals surface area contributed by atoms with Crippen LogP contribution in [0.15, 0.2) is 47.6 Å². The molecule has 0 aliphatic heterocycles. The van der Waals surface area contributed by atoms with Gasteiger partial charge >= 0.3 is 0 Å². The number of nitro benzene ring substituents is 1. The van der Waals surface area contributed by atoms with Gasteiger partial charge < -0.3 is 4.74 Å². The van der Waals surface area contributed by atoms with Gasteiger partial charge in [-0.1, -0.05) is 12.1 Å². The van der Waals surface area contributed by atoms with Crippen molar-refractivity contribution >= 4 is 17.8 Å². The number of ether oxygens (including phenoxy) is 1. The Bertz CT molecular complexity index is 793. The fraction of sp³-hybridized carbons (Fsp3) is 0.125. The van der Waals surface area contributed by atoms with Crippen LogP contribution in [0, 0.1) is 22.9 Å². The predicted molar refractivity (Wildman–Crippen MR) is 85.5 cm³/mol. The Morgan fingerprint density at radius 1 is 1.38 bits per heavy atom. The van der Waals surface area contributed by atoms with Crippen LogP contribution in [0.2, 0.25) is 0 Å². The van der Waals surface area contributed by atoms with E-state index in [1.165, 1.54) is 0 Å². The maximum atomic E-state index is 13.5. The first kappa shape index (κ1) is 17.1. The van der Waals surface area contributed by atoms with Crippen molar-refractivity contribution < 1.29 is 18.8 Å². The molecule has 124 valence electrons. The molecule has 2 aromatic rings. The Morgan fingerprint density at radius 3 is 2.88 bits per heavy atom. The molecular weight excluding hydrogens is 317 g/mol. The number of amides is 1. The van der Waals surface area contributed by atoms with Gasteiger partial charge in [0.05, 0.1) is 11.1 Å². The molecule has 0 fully saturated rings. The topological polar surface area (TPSA) is 93.8 Å². The first-order chi connectivity index (χ1) is 11.5. The number of benzene rings is 2. The van der Waals surface area contributed by atoms with E-state index in [4.69, 9.17) is 4.74 Å². The van der Waals surface area contributed by atoms with E-state index < -0.39 is 16.6 Å². The Balaban J connectivity index is 1.90. The maximum absolute atomic E-state index is 13.5. The molecule has 24 heavy (non-hydrogen) atoms. The molecule has 1 N–H and O–H groups in total. The van der Waals surface area contributed by atoms with Crippen molar-refractivity contribution in [3.8, 4) is 5.75 Å². The minimum absolute atomic E-state index is 0.107. The van der Waals surface area contributed by atoms with Gasteiger partial charge in [-0.2, -0.15) is 5.10 Å². The molecule has 0 radical (unpaired) electrons. The molecule has 0 aliphatic rings. The highest BCUT2D eigenvalue weighted by Crippen LogP contribution is 2.15. The van der Waals surface area contributed by atoms with Crippen LogP contribution in [0.3, 0.4) is 0 Å². The summed E-state index contributed by atoms with van der Waals surface area (Å²) in [7, 11) is 0. The molecule has 7 nitrogen and oxygen atoms in total.